The predicted octanol–water partition coefficient (Wildman–Crippen LogP) is 1.13. The molecule has 0 aliphatic heterocycles. The Kier molecular flexibility index (Phi) is 2.03. The average Bonchev–Trinajstić information content (AvgIpc) is 2.50. The molecule has 0 aromatic carbocycles. The lowest BCUT2D eigenvalue weighted by Crippen LogP contribution is -2.26. The molecule has 0 aliphatic rings. The molecule has 0 atom stereocenters. The summed E-state index contributed by atoms with van der Waals surface area (Å²) in [6.07, 6.45) is 3.11. The summed E-state index contributed by atoms with van der Waals surface area (Å²) in [5, 5.41) is 4.18. The van der Waals surface area contributed by atoms with Crippen LogP contribution in [0.4, 0.5) is 0 Å². The zero-order valence-corrected chi connectivity index (χ0v) is 8.56. The average molecular weight is 213 g/mol. The van der Waals surface area contributed by atoms with Gasteiger partial charge in [0.05, 0.1) is 0 Å². The first kappa shape index (κ1) is 9.21. The van der Waals surface area contributed by atoms with Gasteiger partial charge in [-0.3, -0.25) is 9.36 Å². The molecule has 0 bridgehead atoms. The van der Waals surface area contributed by atoms with Gasteiger partial charge >= 0.3 is 0 Å². The van der Waals surface area contributed by atoms with Crippen molar-refractivity contribution in [3.8, 4) is 0 Å². The highest BCUT2D eigenvalue weighted by molar-refractivity contribution is 6.28. The molecule has 0 N–H and O–H groups in total. The third-order valence-corrected chi connectivity index (χ3v) is 2.19. The lowest BCUT2D eigenvalue weighted by atomic mass is 10.4. The highest BCUT2D eigenvalue weighted by Crippen LogP contribution is 2.09. The predicted molar refractivity (Wildman–Crippen MR) is 52.6 cm³/mol. The molecule has 2 aromatic rings. The summed E-state index contributed by atoms with van der Waals surface area (Å²) >= 11 is 5.86. The topological polar surface area (TPSA) is 52.2 Å². The van der Waals surface area contributed by atoms with Crippen molar-refractivity contribution in [3.05, 3.63) is 28.0 Å². The van der Waals surface area contributed by atoms with Crippen LogP contribution in [-0.2, 0) is 0 Å². The van der Waals surface area contributed by atoms with E-state index in [1.54, 1.807) is 6.20 Å². The zero-order valence-electron chi connectivity index (χ0n) is 7.81. The van der Waals surface area contributed by atoms with Crippen molar-refractivity contribution in [3.63, 3.8) is 0 Å². The standard InChI is InChI=1S/C8H9ClN4O/c1-5(2)13-7(14)6-10-3-4-12(6)11-8(13)9/h3-5H,1-2H3. The normalized spacial score (nSPS) is 11.4. The van der Waals surface area contributed by atoms with E-state index in [9.17, 15) is 4.79 Å². The van der Waals surface area contributed by atoms with Gasteiger partial charge in [-0.15, -0.1) is 5.10 Å². The Bertz CT molecular complexity index is 528. The summed E-state index contributed by atoms with van der Waals surface area (Å²) in [6.45, 7) is 3.74. The Labute approximate surface area is 84.9 Å². The lowest BCUT2D eigenvalue weighted by molar-refractivity contribution is 0.558. The molecule has 0 saturated heterocycles. The second-order valence-electron chi connectivity index (χ2n) is 3.23. The fourth-order valence-electron chi connectivity index (χ4n) is 1.31. The maximum atomic E-state index is 11.8. The first-order chi connectivity index (χ1) is 6.61. The van der Waals surface area contributed by atoms with Gasteiger partial charge in [-0.05, 0) is 25.4 Å². The van der Waals surface area contributed by atoms with E-state index in [4.69, 9.17) is 11.6 Å². The van der Waals surface area contributed by atoms with Crippen LogP contribution in [0.3, 0.4) is 0 Å². The summed E-state index contributed by atoms with van der Waals surface area (Å²) < 4.78 is 2.79. The molecule has 74 valence electrons. The third kappa shape index (κ3) is 1.21. The zero-order chi connectivity index (χ0) is 10.3. The van der Waals surface area contributed by atoms with E-state index in [0.717, 1.165) is 0 Å². The van der Waals surface area contributed by atoms with Gasteiger partial charge < -0.3 is 0 Å². The van der Waals surface area contributed by atoms with Crippen LogP contribution in [0.2, 0.25) is 5.28 Å². The number of rotatable bonds is 1. The number of hydrogen-bond donors (Lipinski definition) is 0. The quantitative estimate of drug-likeness (QED) is 0.712. The van der Waals surface area contributed by atoms with Crippen LogP contribution in [0.25, 0.3) is 5.65 Å². The van der Waals surface area contributed by atoms with Crippen molar-refractivity contribution < 1.29 is 0 Å². The molecule has 2 heterocycles. The van der Waals surface area contributed by atoms with Gasteiger partial charge in [0.2, 0.25) is 10.9 Å². The summed E-state index contributed by atoms with van der Waals surface area (Å²) in [7, 11) is 0. The van der Waals surface area contributed by atoms with Crippen molar-refractivity contribution in [2.45, 2.75) is 19.9 Å². The van der Waals surface area contributed by atoms with Crippen LogP contribution in [0.5, 0.6) is 0 Å². The molecule has 2 aromatic heterocycles. The van der Waals surface area contributed by atoms with Gasteiger partial charge in [0, 0.05) is 18.4 Å². The number of fused-ring (bicyclic) bond motifs is 1. The van der Waals surface area contributed by atoms with Crippen LogP contribution >= 0.6 is 11.6 Å². The number of imidazole rings is 1. The number of halogens is 1. The molecule has 6 heteroatoms. The van der Waals surface area contributed by atoms with Crippen LogP contribution in [0.1, 0.15) is 19.9 Å². The molecule has 0 amide bonds. The molecule has 0 aliphatic carbocycles. The van der Waals surface area contributed by atoms with Crippen LogP contribution < -0.4 is 5.56 Å². The Hall–Kier alpha value is -1.36. The van der Waals surface area contributed by atoms with E-state index in [2.05, 4.69) is 10.1 Å². The minimum atomic E-state index is -0.218. The Morgan fingerprint density at radius 3 is 2.86 bits per heavy atom. The van der Waals surface area contributed by atoms with E-state index in [1.165, 1.54) is 15.3 Å². The summed E-state index contributed by atoms with van der Waals surface area (Å²) in [6, 6.07) is -0.0239. The van der Waals surface area contributed by atoms with Crippen molar-refractivity contribution >= 4 is 17.2 Å². The molecule has 5 nitrogen and oxygen atoms in total. The van der Waals surface area contributed by atoms with Crippen LogP contribution in [0, 0.1) is 0 Å². The molecule has 0 radical (unpaired) electrons. The Morgan fingerprint density at radius 2 is 2.21 bits per heavy atom. The number of nitrogens with zero attached hydrogens (tertiary/aromatic N) is 4. The second-order valence-corrected chi connectivity index (χ2v) is 3.57. The fraction of sp³-hybridized carbons (Fsp3) is 0.375. The highest BCUT2D eigenvalue weighted by atomic mass is 35.5. The maximum absolute atomic E-state index is 11.8. The SMILES string of the molecule is CC(C)n1c(Cl)nn2ccnc2c1=O. The molecule has 0 saturated carbocycles. The third-order valence-electron chi connectivity index (χ3n) is 1.94. The first-order valence-corrected chi connectivity index (χ1v) is 4.60. The van der Waals surface area contributed by atoms with E-state index in [1.807, 2.05) is 13.8 Å². The van der Waals surface area contributed by atoms with Crippen molar-refractivity contribution in [1.82, 2.24) is 19.2 Å². The maximum Gasteiger partial charge on any atom is 0.298 e. The molecule has 2 rings (SSSR count). The molecule has 14 heavy (non-hydrogen) atoms. The fourth-order valence-corrected chi connectivity index (χ4v) is 1.66. The first-order valence-electron chi connectivity index (χ1n) is 4.22. The Morgan fingerprint density at radius 1 is 1.50 bits per heavy atom. The van der Waals surface area contributed by atoms with Crippen LogP contribution in [-0.4, -0.2) is 19.2 Å². The van der Waals surface area contributed by atoms with Gasteiger partial charge in [0.1, 0.15) is 0 Å². The van der Waals surface area contributed by atoms with E-state index >= 15 is 0 Å². The largest absolute Gasteiger partial charge is 0.298 e. The van der Waals surface area contributed by atoms with E-state index in [-0.39, 0.29) is 16.9 Å². The number of aromatic nitrogens is 4. The van der Waals surface area contributed by atoms with E-state index in [0.29, 0.717) is 5.65 Å². The molecule has 0 spiro atoms. The lowest BCUT2D eigenvalue weighted by Gasteiger charge is -2.10. The summed E-state index contributed by atoms with van der Waals surface area (Å²) in [5.74, 6) is 0. The number of hydrogen-bond acceptors (Lipinski definition) is 3. The van der Waals surface area contributed by atoms with E-state index < -0.39 is 0 Å². The van der Waals surface area contributed by atoms with Gasteiger partial charge in [-0.1, -0.05) is 0 Å². The van der Waals surface area contributed by atoms with Crippen molar-refractivity contribution in [2.24, 2.45) is 0 Å². The second kappa shape index (κ2) is 3.09. The van der Waals surface area contributed by atoms with Gasteiger partial charge in [-0.2, -0.15) is 0 Å². The van der Waals surface area contributed by atoms with Crippen LogP contribution in [0.15, 0.2) is 17.2 Å². The van der Waals surface area contributed by atoms with Crippen molar-refractivity contribution in [2.75, 3.05) is 0 Å². The molecular weight excluding hydrogens is 204 g/mol. The molecular formula is C8H9ClN4O. The minimum absolute atomic E-state index is 0.0239. The minimum Gasteiger partial charge on any atom is -0.276 e. The molecule has 0 unspecified atom stereocenters. The van der Waals surface area contributed by atoms with Gasteiger partial charge in [-0.25, -0.2) is 9.50 Å². The summed E-state index contributed by atoms with van der Waals surface area (Å²) in [5.41, 5.74) is 0.0769. The Balaban J connectivity index is 2.90. The highest BCUT2D eigenvalue weighted by Gasteiger charge is 2.12. The molecule has 0 fully saturated rings. The van der Waals surface area contributed by atoms with Crippen molar-refractivity contribution in [1.29, 1.82) is 0 Å². The smallest absolute Gasteiger partial charge is 0.276 e. The monoisotopic (exact) mass is 212 g/mol. The van der Waals surface area contributed by atoms with Gasteiger partial charge in [0.15, 0.2) is 0 Å². The summed E-state index contributed by atoms with van der Waals surface area (Å²) in [4.78, 5) is 15.7. The van der Waals surface area contributed by atoms with Gasteiger partial charge in [0.25, 0.3) is 5.56 Å².